The smallest absolute Gasteiger partial charge is 0.0546 e. The van der Waals surface area contributed by atoms with Crippen molar-refractivity contribution < 1.29 is 4.74 Å². The largest absolute Gasteiger partial charge is 0.381 e. The molecule has 3 fully saturated rings. The second-order valence-electron chi connectivity index (χ2n) is 7.66. The lowest BCUT2D eigenvalue weighted by Crippen LogP contribution is -2.55. The van der Waals surface area contributed by atoms with Crippen LogP contribution < -0.4 is 5.32 Å². The molecule has 3 atom stereocenters. The molecule has 3 heteroatoms. The first-order valence-corrected chi connectivity index (χ1v) is 9.35. The lowest BCUT2D eigenvalue weighted by molar-refractivity contribution is -0.0496. The van der Waals surface area contributed by atoms with Gasteiger partial charge in [-0.15, -0.1) is 0 Å². The second-order valence-corrected chi connectivity index (χ2v) is 7.66. The zero-order chi connectivity index (χ0) is 14.5. The van der Waals surface area contributed by atoms with Gasteiger partial charge in [-0.05, 0) is 57.5 Å². The van der Waals surface area contributed by atoms with E-state index in [1.807, 2.05) is 0 Å². The zero-order valence-electron chi connectivity index (χ0n) is 13.9. The first-order valence-electron chi connectivity index (χ1n) is 9.35. The molecular formula is C18H34N2O. The topological polar surface area (TPSA) is 24.5 Å². The molecule has 3 unspecified atom stereocenters. The molecule has 3 nitrogen and oxygen atoms in total. The number of hydrogen-bond donors (Lipinski definition) is 1. The molecule has 1 aliphatic carbocycles. The fourth-order valence-electron chi connectivity index (χ4n) is 4.98. The van der Waals surface area contributed by atoms with Gasteiger partial charge >= 0.3 is 0 Å². The average molecular weight is 294 g/mol. The molecule has 1 saturated carbocycles. The Morgan fingerprint density at radius 1 is 1.14 bits per heavy atom. The molecule has 0 aromatic carbocycles. The summed E-state index contributed by atoms with van der Waals surface area (Å²) in [6, 6.07) is 0.882. The third-order valence-corrected chi connectivity index (χ3v) is 6.05. The second kappa shape index (κ2) is 7.43. The molecular weight excluding hydrogens is 260 g/mol. The Kier molecular flexibility index (Phi) is 5.58. The Labute approximate surface area is 130 Å². The third-order valence-electron chi connectivity index (χ3n) is 6.05. The normalized spacial score (nSPS) is 38.1. The van der Waals surface area contributed by atoms with Crippen LogP contribution in [0.2, 0.25) is 0 Å². The van der Waals surface area contributed by atoms with Crippen LogP contribution in [0.4, 0.5) is 0 Å². The highest BCUT2D eigenvalue weighted by Crippen LogP contribution is 2.38. The minimum absolute atomic E-state index is 0.369. The number of fused-ring (bicyclic) bond motifs is 1. The van der Waals surface area contributed by atoms with Gasteiger partial charge in [-0.3, -0.25) is 4.90 Å². The summed E-state index contributed by atoms with van der Waals surface area (Å²) in [4.78, 5) is 2.86. The number of ether oxygens (including phenoxy) is 1. The molecule has 2 saturated heterocycles. The van der Waals surface area contributed by atoms with Crippen molar-refractivity contribution in [1.29, 1.82) is 0 Å². The predicted octanol–water partition coefficient (Wildman–Crippen LogP) is 3.05. The molecule has 0 aromatic rings. The van der Waals surface area contributed by atoms with E-state index < -0.39 is 0 Å². The molecule has 3 rings (SSSR count). The van der Waals surface area contributed by atoms with Crippen LogP contribution >= 0.6 is 0 Å². The summed E-state index contributed by atoms with van der Waals surface area (Å²) >= 11 is 0. The average Bonchev–Trinajstić information content (AvgIpc) is 2.54. The highest BCUT2D eigenvalue weighted by Gasteiger charge is 2.40. The van der Waals surface area contributed by atoms with Crippen LogP contribution in [-0.4, -0.2) is 50.3 Å². The third kappa shape index (κ3) is 3.80. The standard InChI is InChI=1S/C18H34N2O/c1-2-19-13-18(10-6-12-21-15-18)14-20-11-5-8-16-7-3-4-9-17(16)20/h16-17,19H,2-15H2,1H3. The van der Waals surface area contributed by atoms with E-state index in [4.69, 9.17) is 4.74 Å². The van der Waals surface area contributed by atoms with Crippen molar-refractivity contribution in [2.24, 2.45) is 11.3 Å². The highest BCUT2D eigenvalue weighted by molar-refractivity contribution is 4.93. The summed E-state index contributed by atoms with van der Waals surface area (Å²) in [5, 5.41) is 3.61. The van der Waals surface area contributed by atoms with Gasteiger partial charge in [0.25, 0.3) is 0 Å². The molecule has 2 heterocycles. The van der Waals surface area contributed by atoms with Crippen molar-refractivity contribution in [3.63, 3.8) is 0 Å². The predicted molar refractivity (Wildman–Crippen MR) is 87.6 cm³/mol. The molecule has 0 aromatic heterocycles. The summed E-state index contributed by atoms with van der Waals surface area (Å²) in [6.07, 6.45) is 11.3. The summed E-state index contributed by atoms with van der Waals surface area (Å²) < 4.78 is 5.89. The molecule has 2 aliphatic heterocycles. The maximum absolute atomic E-state index is 5.89. The first-order chi connectivity index (χ1) is 10.3. The molecule has 1 N–H and O–H groups in total. The van der Waals surface area contributed by atoms with E-state index in [-0.39, 0.29) is 0 Å². The maximum Gasteiger partial charge on any atom is 0.0546 e. The number of piperidine rings is 1. The van der Waals surface area contributed by atoms with E-state index in [2.05, 4.69) is 17.1 Å². The van der Waals surface area contributed by atoms with Crippen LogP contribution in [0.25, 0.3) is 0 Å². The van der Waals surface area contributed by atoms with Crippen molar-refractivity contribution in [2.75, 3.05) is 39.4 Å². The monoisotopic (exact) mass is 294 g/mol. The number of nitrogens with zero attached hydrogens (tertiary/aromatic N) is 1. The van der Waals surface area contributed by atoms with Crippen molar-refractivity contribution in [3.8, 4) is 0 Å². The lowest BCUT2D eigenvalue weighted by atomic mass is 9.75. The fraction of sp³-hybridized carbons (Fsp3) is 1.00. The van der Waals surface area contributed by atoms with Gasteiger partial charge in [0.1, 0.15) is 0 Å². The van der Waals surface area contributed by atoms with E-state index >= 15 is 0 Å². The summed E-state index contributed by atoms with van der Waals surface area (Å²) in [5.41, 5.74) is 0.369. The van der Waals surface area contributed by atoms with Gasteiger partial charge in [0, 0.05) is 31.2 Å². The SMILES string of the molecule is CCNCC1(CN2CCCC3CCCCC32)CCCOC1. The summed E-state index contributed by atoms with van der Waals surface area (Å²) in [6.45, 7) is 8.96. The number of rotatable bonds is 5. The van der Waals surface area contributed by atoms with E-state index in [0.29, 0.717) is 5.41 Å². The molecule has 3 aliphatic rings. The van der Waals surface area contributed by atoms with Crippen molar-refractivity contribution in [2.45, 2.75) is 64.3 Å². The van der Waals surface area contributed by atoms with Gasteiger partial charge in [-0.1, -0.05) is 19.8 Å². The maximum atomic E-state index is 5.89. The minimum Gasteiger partial charge on any atom is -0.381 e. The van der Waals surface area contributed by atoms with Crippen molar-refractivity contribution in [1.82, 2.24) is 10.2 Å². The van der Waals surface area contributed by atoms with Crippen LogP contribution in [0.3, 0.4) is 0 Å². The van der Waals surface area contributed by atoms with Gasteiger partial charge in [0.15, 0.2) is 0 Å². The number of hydrogen-bond acceptors (Lipinski definition) is 3. The van der Waals surface area contributed by atoms with Crippen LogP contribution in [0.1, 0.15) is 58.3 Å². The van der Waals surface area contributed by atoms with Gasteiger partial charge in [-0.25, -0.2) is 0 Å². The number of likely N-dealkylation sites (tertiary alicyclic amines) is 1. The van der Waals surface area contributed by atoms with E-state index in [0.717, 1.165) is 38.3 Å². The quantitative estimate of drug-likeness (QED) is 0.843. The number of nitrogens with one attached hydrogen (secondary N) is 1. The Balaban J connectivity index is 1.65. The first kappa shape index (κ1) is 15.8. The summed E-state index contributed by atoms with van der Waals surface area (Å²) in [5.74, 6) is 0.994. The van der Waals surface area contributed by atoms with Crippen LogP contribution in [0.5, 0.6) is 0 Å². The van der Waals surface area contributed by atoms with Gasteiger partial charge in [-0.2, -0.15) is 0 Å². The summed E-state index contributed by atoms with van der Waals surface area (Å²) in [7, 11) is 0. The Bertz CT molecular complexity index is 312. The van der Waals surface area contributed by atoms with Gasteiger partial charge < -0.3 is 10.1 Å². The van der Waals surface area contributed by atoms with E-state index in [9.17, 15) is 0 Å². The Morgan fingerprint density at radius 3 is 2.81 bits per heavy atom. The molecule has 0 amide bonds. The molecule has 21 heavy (non-hydrogen) atoms. The minimum atomic E-state index is 0.369. The molecule has 0 radical (unpaired) electrons. The molecule has 122 valence electrons. The fourth-order valence-corrected chi connectivity index (χ4v) is 4.98. The Morgan fingerprint density at radius 2 is 2.00 bits per heavy atom. The molecule has 0 spiro atoms. The van der Waals surface area contributed by atoms with E-state index in [1.165, 1.54) is 64.5 Å². The van der Waals surface area contributed by atoms with Crippen molar-refractivity contribution >= 4 is 0 Å². The van der Waals surface area contributed by atoms with E-state index in [1.54, 1.807) is 0 Å². The van der Waals surface area contributed by atoms with Crippen LogP contribution in [0, 0.1) is 11.3 Å². The van der Waals surface area contributed by atoms with Gasteiger partial charge in [0.2, 0.25) is 0 Å². The van der Waals surface area contributed by atoms with Crippen molar-refractivity contribution in [3.05, 3.63) is 0 Å². The van der Waals surface area contributed by atoms with Gasteiger partial charge in [0.05, 0.1) is 6.61 Å². The zero-order valence-corrected chi connectivity index (χ0v) is 13.9. The highest BCUT2D eigenvalue weighted by atomic mass is 16.5. The van der Waals surface area contributed by atoms with Crippen LogP contribution in [0.15, 0.2) is 0 Å². The Hall–Kier alpha value is -0.120. The lowest BCUT2D eigenvalue weighted by Gasteiger charge is -2.49. The van der Waals surface area contributed by atoms with Crippen LogP contribution in [-0.2, 0) is 4.74 Å². The molecule has 0 bridgehead atoms.